The van der Waals surface area contributed by atoms with E-state index in [0.717, 1.165) is 41.8 Å². The molecule has 0 aromatic heterocycles. The Bertz CT molecular complexity index is 206. The SMILES string of the molecule is CC[N+](C)(C)CCOCC(C)[N+](C)(C)CCO. The van der Waals surface area contributed by atoms with Crippen LogP contribution in [-0.2, 0) is 4.74 Å². The summed E-state index contributed by atoms with van der Waals surface area (Å²) in [4.78, 5) is 0. The number of nitrogens with zero attached hydrogens (tertiary/aromatic N) is 2. The van der Waals surface area contributed by atoms with Gasteiger partial charge in [0, 0.05) is 0 Å². The predicted molar refractivity (Wildman–Crippen MR) is 71.9 cm³/mol. The summed E-state index contributed by atoms with van der Waals surface area (Å²) >= 11 is 0. The summed E-state index contributed by atoms with van der Waals surface area (Å²) in [5.74, 6) is 0. The molecule has 4 nitrogen and oxygen atoms in total. The van der Waals surface area contributed by atoms with Gasteiger partial charge in [0.05, 0.1) is 54.6 Å². The number of hydrogen-bond donors (Lipinski definition) is 1. The van der Waals surface area contributed by atoms with Crippen LogP contribution in [-0.4, -0.2) is 87.8 Å². The average Bonchev–Trinajstić information content (AvgIpc) is 2.24. The van der Waals surface area contributed by atoms with Crippen molar-refractivity contribution in [1.29, 1.82) is 0 Å². The average molecular weight is 248 g/mol. The van der Waals surface area contributed by atoms with Crippen LogP contribution in [0.1, 0.15) is 13.8 Å². The van der Waals surface area contributed by atoms with Crippen molar-refractivity contribution in [3.63, 3.8) is 0 Å². The Morgan fingerprint density at radius 2 is 1.71 bits per heavy atom. The fourth-order valence-corrected chi connectivity index (χ4v) is 1.40. The quantitative estimate of drug-likeness (QED) is 0.477. The highest BCUT2D eigenvalue weighted by molar-refractivity contribution is 4.49. The van der Waals surface area contributed by atoms with Crippen LogP contribution in [0.5, 0.6) is 0 Å². The Morgan fingerprint density at radius 1 is 1.12 bits per heavy atom. The molecule has 0 spiro atoms. The van der Waals surface area contributed by atoms with Crippen molar-refractivity contribution in [3.05, 3.63) is 0 Å². The fourth-order valence-electron chi connectivity index (χ4n) is 1.40. The van der Waals surface area contributed by atoms with Crippen LogP contribution in [0, 0.1) is 0 Å². The van der Waals surface area contributed by atoms with Gasteiger partial charge in [-0.25, -0.2) is 0 Å². The molecule has 1 atom stereocenters. The highest BCUT2D eigenvalue weighted by atomic mass is 16.5. The molecule has 17 heavy (non-hydrogen) atoms. The van der Waals surface area contributed by atoms with Crippen LogP contribution in [0.3, 0.4) is 0 Å². The second-order valence-electron chi connectivity index (χ2n) is 6.13. The summed E-state index contributed by atoms with van der Waals surface area (Å²) in [5.41, 5.74) is 0. The van der Waals surface area contributed by atoms with E-state index in [1.807, 2.05) is 0 Å². The van der Waals surface area contributed by atoms with Gasteiger partial charge in [-0.2, -0.15) is 0 Å². The molecule has 0 aliphatic carbocycles. The molecule has 0 amide bonds. The second-order valence-corrected chi connectivity index (χ2v) is 6.13. The number of ether oxygens (including phenoxy) is 1. The predicted octanol–water partition coefficient (Wildman–Crippen LogP) is 0.557. The first-order valence-corrected chi connectivity index (χ1v) is 6.58. The van der Waals surface area contributed by atoms with Crippen molar-refractivity contribution in [2.75, 3.05) is 67.6 Å². The van der Waals surface area contributed by atoms with E-state index in [4.69, 9.17) is 9.84 Å². The van der Waals surface area contributed by atoms with Crippen molar-refractivity contribution in [3.8, 4) is 0 Å². The van der Waals surface area contributed by atoms with E-state index in [1.54, 1.807) is 0 Å². The second kappa shape index (κ2) is 7.31. The fraction of sp³-hybridized carbons (Fsp3) is 1.00. The highest BCUT2D eigenvalue weighted by Gasteiger charge is 2.23. The third-order valence-corrected chi connectivity index (χ3v) is 3.93. The van der Waals surface area contributed by atoms with Gasteiger partial charge in [-0.15, -0.1) is 0 Å². The molecule has 104 valence electrons. The molecule has 0 aliphatic rings. The first-order valence-electron chi connectivity index (χ1n) is 6.58. The lowest BCUT2D eigenvalue weighted by atomic mass is 10.2. The molecule has 0 fully saturated rings. The number of likely N-dealkylation sites (N-methyl/N-ethyl adjacent to an activating group) is 2. The van der Waals surface area contributed by atoms with Crippen molar-refractivity contribution in [2.24, 2.45) is 0 Å². The molecule has 0 aromatic carbocycles. The molecule has 0 saturated heterocycles. The summed E-state index contributed by atoms with van der Waals surface area (Å²) in [6.45, 7) is 9.14. The summed E-state index contributed by atoms with van der Waals surface area (Å²) in [7, 11) is 8.71. The van der Waals surface area contributed by atoms with Crippen molar-refractivity contribution in [2.45, 2.75) is 19.9 Å². The van der Waals surface area contributed by atoms with Gasteiger partial charge in [0.25, 0.3) is 0 Å². The maximum absolute atomic E-state index is 9.00. The largest absolute Gasteiger partial charge is 0.391 e. The summed E-state index contributed by atoms with van der Waals surface area (Å²) < 4.78 is 7.56. The third kappa shape index (κ3) is 6.99. The van der Waals surface area contributed by atoms with Gasteiger partial charge in [0.1, 0.15) is 19.1 Å². The lowest BCUT2D eigenvalue weighted by molar-refractivity contribution is -0.914. The van der Waals surface area contributed by atoms with Crippen LogP contribution in [0.2, 0.25) is 0 Å². The molecule has 0 aliphatic heterocycles. The molecule has 0 aromatic rings. The van der Waals surface area contributed by atoms with Crippen molar-refractivity contribution in [1.82, 2.24) is 0 Å². The van der Waals surface area contributed by atoms with Gasteiger partial charge in [-0.05, 0) is 13.8 Å². The van der Waals surface area contributed by atoms with E-state index < -0.39 is 0 Å². The molecule has 1 N–H and O–H groups in total. The zero-order valence-corrected chi connectivity index (χ0v) is 12.6. The Labute approximate surface area is 107 Å². The molecule has 1 unspecified atom stereocenters. The first-order chi connectivity index (χ1) is 7.75. The number of rotatable bonds is 9. The minimum atomic E-state index is 0.233. The van der Waals surface area contributed by atoms with E-state index in [-0.39, 0.29) is 6.61 Å². The van der Waals surface area contributed by atoms with E-state index >= 15 is 0 Å². The van der Waals surface area contributed by atoms with E-state index in [2.05, 4.69) is 42.0 Å². The molecule has 0 heterocycles. The highest BCUT2D eigenvalue weighted by Crippen LogP contribution is 2.06. The Morgan fingerprint density at radius 3 is 2.18 bits per heavy atom. The summed E-state index contributed by atoms with van der Waals surface area (Å²) in [5, 5.41) is 9.00. The van der Waals surface area contributed by atoms with E-state index in [0.29, 0.717) is 6.04 Å². The Hall–Kier alpha value is -0.160. The molecule has 0 rings (SSSR count). The number of aliphatic hydroxyl groups excluding tert-OH is 1. The minimum Gasteiger partial charge on any atom is -0.391 e. The van der Waals surface area contributed by atoms with Crippen LogP contribution in [0.15, 0.2) is 0 Å². The standard InChI is InChI=1S/C13H32N2O2/c1-7-14(3,4)9-11-17-12-13(2)15(5,6)8-10-16/h13,16H,7-12H2,1-6H3/q+2. The molecule has 0 bridgehead atoms. The smallest absolute Gasteiger partial charge is 0.109 e. The zero-order valence-electron chi connectivity index (χ0n) is 12.6. The van der Waals surface area contributed by atoms with Gasteiger partial charge in [-0.3, -0.25) is 0 Å². The van der Waals surface area contributed by atoms with Gasteiger partial charge in [-0.1, -0.05) is 0 Å². The van der Waals surface area contributed by atoms with E-state index in [1.165, 1.54) is 0 Å². The van der Waals surface area contributed by atoms with Crippen molar-refractivity contribution < 1.29 is 18.8 Å². The molecular formula is C13H32N2O2+2. The van der Waals surface area contributed by atoms with Crippen LogP contribution in [0.25, 0.3) is 0 Å². The first kappa shape index (κ1) is 16.8. The summed E-state index contributed by atoms with van der Waals surface area (Å²) in [6.07, 6.45) is 0. The molecule has 0 radical (unpaired) electrons. The number of hydrogen-bond acceptors (Lipinski definition) is 2. The minimum absolute atomic E-state index is 0.233. The third-order valence-electron chi connectivity index (χ3n) is 3.93. The van der Waals surface area contributed by atoms with E-state index in [9.17, 15) is 0 Å². The monoisotopic (exact) mass is 248 g/mol. The topological polar surface area (TPSA) is 29.5 Å². The van der Waals surface area contributed by atoms with Gasteiger partial charge in [0.15, 0.2) is 0 Å². The van der Waals surface area contributed by atoms with Crippen LogP contribution < -0.4 is 0 Å². The lowest BCUT2D eigenvalue weighted by Crippen LogP contribution is -2.51. The van der Waals surface area contributed by atoms with Gasteiger partial charge in [0.2, 0.25) is 0 Å². The number of aliphatic hydroxyl groups is 1. The Kier molecular flexibility index (Phi) is 7.24. The van der Waals surface area contributed by atoms with Crippen LogP contribution >= 0.6 is 0 Å². The van der Waals surface area contributed by atoms with Gasteiger partial charge < -0.3 is 18.8 Å². The normalized spacial score (nSPS) is 15.0. The summed E-state index contributed by atoms with van der Waals surface area (Å²) in [6, 6.07) is 0.416. The molecular weight excluding hydrogens is 216 g/mol. The molecule has 4 heteroatoms. The Balaban J connectivity index is 3.82. The van der Waals surface area contributed by atoms with Gasteiger partial charge >= 0.3 is 0 Å². The molecule has 0 saturated carbocycles. The van der Waals surface area contributed by atoms with Crippen LogP contribution in [0.4, 0.5) is 0 Å². The zero-order chi connectivity index (χ0) is 13.5. The van der Waals surface area contributed by atoms with Crippen molar-refractivity contribution >= 4 is 0 Å². The maximum atomic E-state index is 9.00. The maximum Gasteiger partial charge on any atom is 0.109 e. The number of quaternary nitrogens is 2. The lowest BCUT2D eigenvalue weighted by Gasteiger charge is -2.35.